The van der Waals surface area contributed by atoms with E-state index in [0.717, 1.165) is 31.5 Å². The van der Waals surface area contributed by atoms with Gasteiger partial charge in [0.2, 0.25) is 5.91 Å². The molecule has 0 spiro atoms. The Hall–Kier alpha value is -0.940. The minimum atomic E-state index is 0.0282. The number of nitrogens with one attached hydrogen (secondary N) is 2. The first kappa shape index (κ1) is 10.6. The van der Waals surface area contributed by atoms with Gasteiger partial charge in [-0.25, -0.2) is 4.98 Å². The molecular formula is C10H15N3OS. The van der Waals surface area contributed by atoms with Crippen molar-refractivity contribution in [2.24, 2.45) is 0 Å². The first-order valence-corrected chi connectivity index (χ1v) is 6.19. The van der Waals surface area contributed by atoms with Gasteiger partial charge in [-0.3, -0.25) is 4.79 Å². The van der Waals surface area contributed by atoms with Crippen molar-refractivity contribution >= 4 is 17.2 Å². The average molecular weight is 225 g/mol. The second-order valence-electron chi connectivity index (χ2n) is 3.67. The molecule has 1 aliphatic heterocycles. The number of hydrogen-bond acceptors (Lipinski definition) is 4. The number of hydrogen-bond donors (Lipinski definition) is 2. The van der Waals surface area contributed by atoms with Gasteiger partial charge < -0.3 is 10.6 Å². The maximum Gasteiger partial charge on any atom is 0.237 e. The normalized spacial score (nSPS) is 20.4. The van der Waals surface area contributed by atoms with E-state index in [0.29, 0.717) is 6.54 Å². The van der Waals surface area contributed by atoms with Gasteiger partial charge in [-0.2, -0.15) is 0 Å². The molecule has 0 unspecified atom stereocenters. The van der Waals surface area contributed by atoms with Gasteiger partial charge in [-0.15, -0.1) is 11.3 Å². The third-order valence-electron chi connectivity index (χ3n) is 2.54. The molecule has 15 heavy (non-hydrogen) atoms. The lowest BCUT2D eigenvalue weighted by molar-refractivity contribution is -0.122. The molecule has 1 saturated heterocycles. The number of amides is 1. The maximum absolute atomic E-state index is 11.6. The van der Waals surface area contributed by atoms with E-state index in [9.17, 15) is 4.79 Å². The van der Waals surface area contributed by atoms with Crippen LogP contribution in [0.1, 0.15) is 18.5 Å². The zero-order valence-corrected chi connectivity index (χ0v) is 9.35. The Morgan fingerprint density at radius 1 is 1.73 bits per heavy atom. The summed E-state index contributed by atoms with van der Waals surface area (Å²) in [5.74, 6) is 0.128. The highest BCUT2D eigenvalue weighted by Crippen LogP contribution is 2.05. The summed E-state index contributed by atoms with van der Waals surface area (Å²) < 4.78 is 0. The van der Waals surface area contributed by atoms with Crippen LogP contribution in [0, 0.1) is 0 Å². The molecule has 1 atom stereocenters. The Balaban J connectivity index is 1.67. The molecule has 1 aromatic rings. The van der Waals surface area contributed by atoms with Crippen molar-refractivity contribution in [1.82, 2.24) is 15.6 Å². The van der Waals surface area contributed by atoms with E-state index in [1.54, 1.807) is 11.3 Å². The van der Waals surface area contributed by atoms with Gasteiger partial charge in [0, 0.05) is 18.3 Å². The lowest BCUT2D eigenvalue weighted by atomic mass is 10.2. The van der Waals surface area contributed by atoms with Crippen LogP contribution in [0.4, 0.5) is 0 Å². The van der Waals surface area contributed by atoms with E-state index in [1.165, 1.54) is 0 Å². The Morgan fingerprint density at radius 3 is 3.33 bits per heavy atom. The fraction of sp³-hybridized carbons (Fsp3) is 0.600. The molecule has 0 saturated carbocycles. The number of rotatable bonds is 4. The molecule has 1 amide bonds. The van der Waals surface area contributed by atoms with Crippen molar-refractivity contribution in [2.75, 3.05) is 13.1 Å². The maximum atomic E-state index is 11.6. The van der Waals surface area contributed by atoms with E-state index in [1.807, 2.05) is 10.9 Å². The van der Waals surface area contributed by atoms with Crippen molar-refractivity contribution in [2.45, 2.75) is 25.3 Å². The minimum absolute atomic E-state index is 0.0282. The topological polar surface area (TPSA) is 54.0 Å². The van der Waals surface area contributed by atoms with Crippen molar-refractivity contribution in [1.29, 1.82) is 0 Å². The Morgan fingerprint density at radius 2 is 2.67 bits per heavy atom. The third-order valence-corrected chi connectivity index (χ3v) is 3.18. The fourth-order valence-corrected chi connectivity index (χ4v) is 2.30. The number of carbonyl (C=O) groups is 1. The standard InChI is InChI=1S/C10H15N3OS/c14-10(9-2-1-4-11-9)12-5-3-8-6-15-7-13-8/h6-7,9,11H,1-5H2,(H,12,14)/t9-/m1/s1. The fourth-order valence-electron chi connectivity index (χ4n) is 1.71. The van der Waals surface area contributed by atoms with Crippen LogP contribution >= 0.6 is 11.3 Å². The van der Waals surface area contributed by atoms with Crippen LogP contribution in [0.15, 0.2) is 10.9 Å². The number of aromatic nitrogens is 1. The monoisotopic (exact) mass is 225 g/mol. The van der Waals surface area contributed by atoms with E-state index in [-0.39, 0.29) is 11.9 Å². The van der Waals surface area contributed by atoms with Crippen molar-refractivity contribution < 1.29 is 4.79 Å². The SMILES string of the molecule is O=C(NCCc1cscn1)[C@H]1CCCN1. The smallest absolute Gasteiger partial charge is 0.237 e. The summed E-state index contributed by atoms with van der Waals surface area (Å²) in [5, 5.41) is 8.11. The highest BCUT2D eigenvalue weighted by atomic mass is 32.1. The predicted molar refractivity (Wildman–Crippen MR) is 59.9 cm³/mol. The van der Waals surface area contributed by atoms with Crippen LogP contribution in [-0.4, -0.2) is 30.0 Å². The van der Waals surface area contributed by atoms with Crippen LogP contribution in [0.25, 0.3) is 0 Å². The van der Waals surface area contributed by atoms with Crippen molar-refractivity contribution in [3.8, 4) is 0 Å². The van der Waals surface area contributed by atoms with E-state index in [4.69, 9.17) is 0 Å². The molecule has 0 aromatic carbocycles. The highest BCUT2D eigenvalue weighted by molar-refractivity contribution is 7.07. The highest BCUT2D eigenvalue weighted by Gasteiger charge is 2.21. The molecule has 2 N–H and O–H groups in total. The molecule has 82 valence electrons. The summed E-state index contributed by atoms with van der Waals surface area (Å²) in [4.78, 5) is 15.7. The molecule has 1 aliphatic rings. The van der Waals surface area contributed by atoms with Crippen LogP contribution in [0.3, 0.4) is 0 Å². The Bertz CT molecular complexity index is 306. The van der Waals surface area contributed by atoms with Gasteiger partial charge in [0.05, 0.1) is 17.2 Å². The number of thiazole rings is 1. The van der Waals surface area contributed by atoms with Crippen molar-refractivity contribution in [3.63, 3.8) is 0 Å². The number of carbonyl (C=O) groups excluding carboxylic acids is 1. The van der Waals surface area contributed by atoms with Crippen LogP contribution in [0.5, 0.6) is 0 Å². The third kappa shape index (κ3) is 3.00. The molecule has 2 heterocycles. The largest absolute Gasteiger partial charge is 0.354 e. The molecule has 2 rings (SSSR count). The zero-order chi connectivity index (χ0) is 10.5. The summed E-state index contributed by atoms with van der Waals surface area (Å²) in [7, 11) is 0. The van der Waals surface area contributed by atoms with Crippen molar-refractivity contribution in [3.05, 3.63) is 16.6 Å². The first-order chi connectivity index (χ1) is 7.36. The van der Waals surface area contributed by atoms with Gasteiger partial charge in [0.15, 0.2) is 0 Å². The minimum Gasteiger partial charge on any atom is -0.354 e. The molecule has 4 nitrogen and oxygen atoms in total. The average Bonchev–Trinajstić information content (AvgIpc) is 2.90. The summed E-state index contributed by atoms with van der Waals surface area (Å²) in [5.41, 5.74) is 2.87. The van der Waals surface area contributed by atoms with Gasteiger partial charge in [-0.1, -0.05) is 0 Å². The molecule has 0 bridgehead atoms. The molecule has 0 aliphatic carbocycles. The lowest BCUT2D eigenvalue weighted by Gasteiger charge is -2.10. The van der Waals surface area contributed by atoms with E-state index >= 15 is 0 Å². The van der Waals surface area contributed by atoms with Gasteiger partial charge in [0.1, 0.15) is 0 Å². The summed E-state index contributed by atoms with van der Waals surface area (Å²) in [6.45, 7) is 1.64. The first-order valence-electron chi connectivity index (χ1n) is 5.24. The second-order valence-corrected chi connectivity index (χ2v) is 4.39. The van der Waals surface area contributed by atoms with Crippen LogP contribution in [0.2, 0.25) is 0 Å². The summed E-state index contributed by atoms with van der Waals surface area (Å²) >= 11 is 1.59. The van der Waals surface area contributed by atoms with Crippen LogP contribution < -0.4 is 10.6 Å². The van der Waals surface area contributed by atoms with Gasteiger partial charge >= 0.3 is 0 Å². The molecule has 1 aromatic heterocycles. The lowest BCUT2D eigenvalue weighted by Crippen LogP contribution is -2.41. The van der Waals surface area contributed by atoms with Gasteiger partial charge in [-0.05, 0) is 19.4 Å². The van der Waals surface area contributed by atoms with E-state index < -0.39 is 0 Å². The molecule has 1 fully saturated rings. The Labute approximate surface area is 93.1 Å². The molecule has 0 radical (unpaired) electrons. The summed E-state index contributed by atoms with van der Waals surface area (Å²) in [6, 6.07) is 0.0282. The molecular weight excluding hydrogens is 210 g/mol. The van der Waals surface area contributed by atoms with E-state index in [2.05, 4.69) is 15.6 Å². The summed E-state index contributed by atoms with van der Waals surface area (Å²) in [6.07, 6.45) is 2.88. The predicted octanol–water partition coefficient (Wildman–Crippen LogP) is 0.554. The quantitative estimate of drug-likeness (QED) is 0.787. The van der Waals surface area contributed by atoms with Gasteiger partial charge in [0.25, 0.3) is 0 Å². The molecule has 5 heteroatoms. The Kier molecular flexibility index (Phi) is 3.69. The number of nitrogens with zero attached hydrogens (tertiary/aromatic N) is 1. The second kappa shape index (κ2) is 5.23. The zero-order valence-electron chi connectivity index (χ0n) is 8.53. The van der Waals surface area contributed by atoms with Crippen LogP contribution in [-0.2, 0) is 11.2 Å².